The van der Waals surface area contributed by atoms with Crippen molar-refractivity contribution in [3.8, 4) is 0 Å². The molecule has 10 heteroatoms. The summed E-state index contributed by atoms with van der Waals surface area (Å²) in [4.78, 5) is 41.0. The first-order chi connectivity index (χ1) is 18.2. The van der Waals surface area contributed by atoms with E-state index in [-0.39, 0.29) is 22.8 Å². The maximum atomic E-state index is 14.1. The summed E-state index contributed by atoms with van der Waals surface area (Å²) in [5.41, 5.74) is 14.4. The lowest BCUT2D eigenvalue weighted by Gasteiger charge is -2.32. The van der Waals surface area contributed by atoms with Crippen LogP contribution in [0.4, 0.5) is 15.8 Å². The van der Waals surface area contributed by atoms with E-state index in [1.165, 1.54) is 29.2 Å². The van der Waals surface area contributed by atoms with Crippen molar-refractivity contribution in [2.45, 2.75) is 26.4 Å². The summed E-state index contributed by atoms with van der Waals surface area (Å²) >= 11 is 0.723. The summed E-state index contributed by atoms with van der Waals surface area (Å²) in [5, 5.41) is 2.89. The molecule has 0 unspecified atom stereocenters. The monoisotopic (exact) mass is 531 g/mol. The van der Waals surface area contributed by atoms with Gasteiger partial charge < -0.3 is 16.8 Å². The molecule has 0 radical (unpaired) electrons. The molecule has 0 aliphatic rings. The molecule has 0 aliphatic heterocycles. The molecule has 1 atom stereocenters. The Balaban J connectivity index is 1.86. The fourth-order valence-electron chi connectivity index (χ4n) is 4.12. The molecule has 4 aromatic rings. The van der Waals surface area contributed by atoms with Crippen molar-refractivity contribution >= 4 is 40.6 Å². The second kappa shape index (κ2) is 11.2. The fourth-order valence-corrected chi connectivity index (χ4v) is 4.87. The summed E-state index contributed by atoms with van der Waals surface area (Å²) in [6.45, 7) is 3.94. The molecule has 0 aliphatic carbocycles. The van der Waals surface area contributed by atoms with Crippen molar-refractivity contribution in [2.24, 2.45) is 5.73 Å². The van der Waals surface area contributed by atoms with Gasteiger partial charge in [0.25, 0.3) is 11.8 Å². The third-order valence-corrected chi connectivity index (χ3v) is 6.84. The Hall–Kier alpha value is -4.57. The molecular weight excluding hydrogens is 505 g/mol. The molecule has 3 amide bonds. The zero-order chi connectivity index (χ0) is 27.4. The maximum Gasteiger partial charge on any atom is 0.273 e. The van der Waals surface area contributed by atoms with E-state index in [2.05, 4.69) is 9.69 Å². The van der Waals surface area contributed by atoms with Gasteiger partial charge in [-0.1, -0.05) is 60.2 Å². The Morgan fingerprint density at radius 1 is 1.03 bits per heavy atom. The van der Waals surface area contributed by atoms with Crippen molar-refractivity contribution < 1.29 is 18.8 Å². The first kappa shape index (κ1) is 26.5. The van der Waals surface area contributed by atoms with Crippen molar-refractivity contribution in [2.75, 3.05) is 10.6 Å². The van der Waals surface area contributed by atoms with Crippen molar-refractivity contribution in [3.05, 3.63) is 111 Å². The van der Waals surface area contributed by atoms with Gasteiger partial charge in [-0.2, -0.15) is 4.37 Å². The van der Waals surface area contributed by atoms with Crippen molar-refractivity contribution in [1.82, 2.24) is 9.69 Å². The van der Waals surface area contributed by atoms with Gasteiger partial charge in [0, 0.05) is 12.2 Å². The summed E-state index contributed by atoms with van der Waals surface area (Å²) in [7, 11) is 0. The number of hydrogen-bond acceptors (Lipinski definition) is 6. The van der Waals surface area contributed by atoms with Crippen LogP contribution >= 0.6 is 11.5 Å². The first-order valence-electron chi connectivity index (χ1n) is 11.7. The highest BCUT2D eigenvalue weighted by Crippen LogP contribution is 2.35. The summed E-state index contributed by atoms with van der Waals surface area (Å²) < 4.78 is 17.8. The van der Waals surface area contributed by atoms with E-state index in [9.17, 15) is 18.8 Å². The van der Waals surface area contributed by atoms with Gasteiger partial charge in [0.15, 0.2) is 5.69 Å². The average molecular weight is 532 g/mol. The smallest absolute Gasteiger partial charge is 0.273 e. The largest absolute Gasteiger partial charge is 0.395 e. The number of benzene rings is 3. The highest BCUT2D eigenvalue weighted by atomic mass is 32.1. The van der Waals surface area contributed by atoms with Crippen LogP contribution < -0.4 is 21.7 Å². The van der Waals surface area contributed by atoms with Gasteiger partial charge in [-0.3, -0.25) is 19.3 Å². The van der Waals surface area contributed by atoms with Crippen LogP contribution in [0.25, 0.3) is 0 Å². The number of halogens is 1. The van der Waals surface area contributed by atoms with Gasteiger partial charge in [0.05, 0.1) is 5.69 Å². The lowest BCUT2D eigenvalue weighted by Crippen LogP contribution is -2.44. The first-order valence-corrected chi connectivity index (χ1v) is 12.5. The summed E-state index contributed by atoms with van der Waals surface area (Å²) in [5.74, 6) is -2.50. The van der Waals surface area contributed by atoms with E-state index in [1.54, 1.807) is 6.07 Å². The number of rotatable bonds is 8. The van der Waals surface area contributed by atoms with Gasteiger partial charge in [-0.05, 0) is 60.3 Å². The molecule has 1 aromatic heterocycles. The van der Waals surface area contributed by atoms with E-state index in [4.69, 9.17) is 11.5 Å². The molecule has 5 N–H and O–H groups in total. The van der Waals surface area contributed by atoms with Gasteiger partial charge in [0.1, 0.15) is 16.7 Å². The number of primary amides is 1. The molecule has 8 nitrogen and oxygen atoms in total. The Kier molecular flexibility index (Phi) is 7.82. The minimum Gasteiger partial charge on any atom is -0.395 e. The van der Waals surface area contributed by atoms with Crippen LogP contribution in [0.5, 0.6) is 0 Å². The highest BCUT2D eigenvalue weighted by molar-refractivity contribution is 7.09. The molecule has 0 saturated heterocycles. The van der Waals surface area contributed by atoms with E-state index in [0.717, 1.165) is 28.2 Å². The minimum absolute atomic E-state index is 0.0400. The Morgan fingerprint density at radius 3 is 2.32 bits per heavy atom. The number of carbonyl (C=O) groups excluding carboxylic acids is 3. The number of aromatic nitrogens is 1. The van der Waals surface area contributed by atoms with Gasteiger partial charge in [0.2, 0.25) is 5.91 Å². The van der Waals surface area contributed by atoms with Crippen LogP contribution in [0.15, 0.2) is 72.8 Å². The Labute approximate surface area is 223 Å². The lowest BCUT2D eigenvalue weighted by atomic mass is 10.0. The van der Waals surface area contributed by atoms with Crippen molar-refractivity contribution in [1.29, 1.82) is 0 Å². The molecule has 4 rings (SSSR count). The SMILES string of the molecule is Cc1ccc(N(C(=O)c2snc(C(N)=O)c2N)[C@H](C(=O)NCc2ccccc2)c2ccc(F)cc2)c(C)c1. The zero-order valence-corrected chi connectivity index (χ0v) is 21.6. The average Bonchev–Trinajstić information content (AvgIpc) is 3.29. The predicted molar refractivity (Wildman–Crippen MR) is 145 cm³/mol. The number of amides is 3. The normalized spacial score (nSPS) is 11.6. The van der Waals surface area contributed by atoms with Crippen LogP contribution in [0.3, 0.4) is 0 Å². The van der Waals surface area contributed by atoms with E-state index < -0.39 is 29.6 Å². The molecule has 0 fully saturated rings. The standard InChI is InChI=1S/C28H26FN5O3S/c1-16-8-13-21(17(2)14-16)34(28(37)25-22(30)23(26(31)35)33-38-25)24(19-9-11-20(29)12-10-19)27(36)32-15-18-6-4-3-5-7-18/h3-14,24H,15,30H2,1-2H3,(H2,31,35)(H,32,36)/t24-/m0/s1. The molecule has 1 heterocycles. The van der Waals surface area contributed by atoms with E-state index >= 15 is 0 Å². The molecule has 0 saturated carbocycles. The molecule has 0 spiro atoms. The number of nitrogens with zero attached hydrogens (tertiary/aromatic N) is 2. The quantitative estimate of drug-likeness (QED) is 0.312. The van der Waals surface area contributed by atoms with Crippen LogP contribution in [0, 0.1) is 19.7 Å². The number of anilines is 2. The number of carbonyl (C=O) groups is 3. The number of nitrogen functional groups attached to an aromatic ring is 1. The molecule has 3 aromatic carbocycles. The molecule has 38 heavy (non-hydrogen) atoms. The van der Waals surface area contributed by atoms with E-state index in [0.29, 0.717) is 11.3 Å². The zero-order valence-electron chi connectivity index (χ0n) is 20.8. The third kappa shape index (κ3) is 5.55. The van der Waals surface area contributed by atoms with Gasteiger partial charge in [-0.25, -0.2) is 4.39 Å². The predicted octanol–water partition coefficient (Wildman–Crippen LogP) is 4.28. The Morgan fingerprint density at radius 2 is 1.71 bits per heavy atom. The number of nitrogens with one attached hydrogen (secondary N) is 1. The third-order valence-electron chi connectivity index (χ3n) is 5.99. The van der Waals surface area contributed by atoms with Crippen LogP contribution in [0.1, 0.15) is 48.5 Å². The minimum atomic E-state index is -1.20. The van der Waals surface area contributed by atoms with Gasteiger partial charge >= 0.3 is 0 Å². The number of hydrogen-bond donors (Lipinski definition) is 3. The molecule has 194 valence electrons. The topological polar surface area (TPSA) is 131 Å². The van der Waals surface area contributed by atoms with Crippen LogP contribution in [-0.4, -0.2) is 22.1 Å². The highest BCUT2D eigenvalue weighted by Gasteiger charge is 2.36. The van der Waals surface area contributed by atoms with E-state index in [1.807, 2.05) is 56.3 Å². The maximum absolute atomic E-state index is 14.1. The number of aryl methyl sites for hydroxylation is 2. The second-order valence-electron chi connectivity index (χ2n) is 8.76. The molecular formula is C28H26FN5O3S. The second-order valence-corrected chi connectivity index (χ2v) is 9.53. The lowest BCUT2D eigenvalue weighted by molar-refractivity contribution is -0.122. The summed E-state index contributed by atoms with van der Waals surface area (Å²) in [6, 6.07) is 18.9. The Bertz CT molecular complexity index is 1490. The fraction of sp³-hybridized carbons (Fsp3) is 0.143. The van der Waals surface area contributed by atoms with Crippen LogP contribution in [0.2, 0.25) is 0 Å². The molecule has 0 bridgehead atoms. The number of nitrogens with two attached hydrogens (primary N) is 2. The van der Waals surface area contributed by atoms with Gasteiger partial charge in [-0.15, -0.1) is 0 Å². The summed E-state index contributed by atoms with van der Waals surface area (Å²) in [6.07, 6.45) is 0. The van der Waals surface area contributed by atoms with Crippen molar-refractivity contribution in [3.63, 3.8) is 0 Å². The van der Waals surface area contributed by atoms with Crippen LogP contribution in [-0.2, 0) is 11.3 Å².